The predicted molar refractivity (Wildman–Crippen MR) is 241 cm³/mol. The first-order valence-electron chi connectivity index (χ1n) is 24.0. The smallest absolute Gasteiger partial charge is 0.306 e. The molecule has 3 saturated heterocycles. The van der Waals surface area contributed by atoms with Crippen molar-refractivity contribution in [3.63, 3.8) is 0 Å². The van der Waals surface area contributed by atoms with Crippen molar-refractivity contribution in [2.24, 2.45) is 35.5 Å². The molecular formula is C50H72N4O11. The van der Waals surface area contributed by atoms with E-state index in [1.54, 1.807) is 28.4 Å². The summed E-state index contributed by atoms with van der Waals surface area (Å²) in [6, 6.07) is 8.06. The number of ketones is 1. The van der Waals surface area contributed by atoms with Gasteiger partial charge in [-0.3, -0.25) is 9.59 Å². The van der Waals surface area contributed by atoms with Gasteiger partial charge in [0, 0.05) is 56.4 Å². The third kappa shape index (κ3) is 9.90. The maximum absolute atomic E-state index is 15.2. The molecule has 3 unspecified atom stereocenters. The number of hydrogen-bond donors (Lipinski definition) is 0. The second kappa shape index (κ2) is 20.8. The number of esters is 1. The Morgan fingerprint density at radius 3 is 2.25 bits per heavy atom. The Morgan fingerprint density at radius 1 is 0.815 bits per heavy atom. The van der Waals surface area contributed by atoms with Gasteiger partial charge in [0.25, 0.3) is 0 Å². The van der Waals surface area contributed by atoms with E-state index in [1.165, 1.54) is 0 Å². The van der Waals surface area contributed by atoms with Gasteiger partial charge in [-0.2, -0.15) is 0 Å². The summed E-state index contributed by atoms with van der Waals surface area (Å²) in [5, 5.41) is 9.37. The predicted octanol–water partition coefficient (Wildman–Crippen LogP) is 6.74. The van der Waals surface area contributed by atoms with Crippen molar-refractivity contribution < 1.29 is 52.2 Å². The number of fused-ring (bicyclic) bond motifs is 5. The number of Topliss-reactive ketones (excluding diaryl/α,β-unsaturated/α-hetero) is 1. The Morgan fingerprint density at radius 2 is 1.57 bits per heavy atom. The molecule has 65 heavy (non-hydrogen) atoms. The first-order chi connectivity index (χ1) is 31.3. The lowest BCUT2D eigenvalue weighted by atomic mass is 9.69. The minimum absolute atomic E-state index is 0.00232. The summed E-state index contributed by atoms with van der Waals surface area (Å²) in [6.45, 7) is 8.13. The molecule has 0 N–H and O–H groups in total. The molecule has 1 aromatic heterocycles. The quantitative estimate of drug-likeness (QED) is 0.207. The summed E-state index contributed by atoms with van der Waals surface area (Å²) in [6.07, 6.45) is 8.98. The summed E-state index contributed by atoms with van der Waals surface area (Å²) < 4.78 is 57.9. The highest BCUT2D eigenvalue weighted by molar-refractivity contribution is 5.99. The zero-order valence-electron chi connectivity index (χ0n) is 40.0. The fraction of sp³-hybridized carbons (Fsp3) is 0.720. The van der Waals surface area contributed by atoms with Gasteiger partial charge in [-0.05, 0) is 127 Å². The van der Waals surface area contributed by atoms with Crippen LogP contribution in [0.5, 0.6) is 5.75 Å². The van der Waals surface area contributed by atoms with Gasteiger partial charge in [0.15, 0.2) is 18.4 Å². The molecule has 1 aromatic carbocycles. The molecule has 3 aliphatic heterocycles. The molecule has 0 spiro atoms. The number of rotatable bonds is 12. The maximum atomic E-state index is 15.2. The van der Waals surface area contributed by atoms with Gasteiger partial charge >= 0.3 is 5.97 Å². The molecule has 15 heteroatoms. The number of carbonyl (C=O) groups excluding carboxylic acids is 2. The second-order valence-corrected chi connectivity index (χ2v) is 19.4. The van der Waals surface area contributed by atoms with Crippen LogP contribution in [0, 0.1) is 35.5 Å². The number of allylic oxidation sites excluding steroid dienone is 4. The number of carbonyl (C=O) groups is 2. The van der Waals surface area contributed by atoms with E-state index < -0.39 is 36.6 Å². The van der Waals surface area contributed by atoms with Gasteiger partial charge in [-0.25, -0.2) is 4.68 Å². The van der Waals surface area contributed by atoms with Crippen LogP contribution in [-0.2, 0) is 47.5 Å². The van der Waals surface area contributed by atoms with Crippen molar-refractivity contribution in [3.8, 4) is 17.0 Å². The Kier molecular flexibility index (Phi) is 15.3. The minimum atomic E-state index is -0.699. The Labute approximate surface area is 384 Å². The number of methoxy groups -OCH3 is 4. The first kappa shape index (κ1) is 47.9. The summed E-state index contributed by atoms with van der Waals surface area (Å²) >= 11 is 0. The van der Waals surface area contributed by atoms with Gasteiger partial charge in [0.1, 0.15) is 35.9 Å². The highest BCUT2D eigenvalue weighted by Crippen LogP contribution is 2.57. The zero-order chi connectivity index (χ0) is 46.1. The summed E-state index contributed by atoms with van der Waals surface area (Å²) in [7, 11) is 10.8. The Balaban J connectivity index is 1.13. The van der Waals surface area contributed by atoms with Gasteiger partial charge in [0.2, 0.25) is 0 Å². The molecule has 6 aliphatic rings. The fourth-order valence-electron chi connectivity index (χ4n) is 12.0. The Hall–Kier alpha value is -3.54. The van der Waals surface area contributed by atoms with Crippen LogP contribution in [0.3, 0.4) is 0 Å². The molecular weight excluding hydrogens is 833 g/mol. The van der Waals surface area contributed by atoms with Crippen molar-refractivity contribution in [2.75, 3.05) is 42.5 Å². The highest BCUT2D eigenvalue weighted by Gasteiger charge is 2.55. The lowest BCUT2D eigenvalue weighted by molar-refractivity contribution is -0.314. The van der Waals surface area contributed by atoms with E-state index in [0.717, 1.165) is 42.0 Å². The van der Waals surface area contributed by atoms with Crippen LogP contribution in [0.15, 0.2) is 48.2 Å². The molecule has 4 fully saturated rings. The van der Waals surface area contributed by atoms with E-state index in [0.29, 0.717) is 43.7 Å². The summed E-state index contributed by atoms with van der Waals surface area (Å²) in [5.74, 6) is -0.522. The van der Waals surface area contributed by atoms with Crippen LogP contribution in [-0.4, -0.2) is 142 Å². The molecule has 15 nitrogen and oxygen atoms in total. The molecule has 4 heterocycles. The van der Waals surface area contributed by atoms with E-state index in [4.69, 9.17) is 47.8 Å². The molecule has 0 amide bonds. The maximum Gasteiger partial charge on any atom is 0.306 e. The van der Waals surface area contributed by atoms with E-state index in [9.17, 15) is 4.79 Å². The highest BCUT2D eigenvalue weighted by atomic mass is 16.7. The van der Waals surface area contributed by atoms with E-state index in [1.807, 2.05) is 49.0 Å². The van der Waals surface area contributed by atoms with Crippen molar-refractivity contribution >= 4 is 17.4 Å². The van der Waals surface area contributed by atoms with Gasteiger partial charge in [-0.15, -0.1) is 5.10 Å². The summed E-state index contributed by atoms with van der Waals surface area (Å²) in [4.78, 5) is 31.4. The number of benzene rings is 1. The normalized spacial score (nSPS) is 39.0. The van der Waals surface area contributed by atoms with Crippen molar-refractivity contribution in [3.05, 3.63) is 48.2 Å². The van der Waals surface area contributed by atoms with Crippen molar-refractivity contribution in [1.82, 2.24) is 19.9 Å². The third-order valence-electron chi connectivity index (χ3n) is 15.5. The van der Waals surface area contributed by atoms with Crippen LogP contribution < -0.4 is 4.74 Å². The van der Waals surface area contributed by atoms with Gasteiger partial charge in [-0.1, -0.05) is 31.2 Å². The number of likely N-dealkylation sites (N-methyl/N-ethyl adjacent to an activating group) is 1. The molecule has 2 aromatic rings. The molecule has 3 aliphatic carbocycles. The Bertz CT molecular complexity index is 2010. The molecule has 1 saturated carbocycles. The minimum Gasteiger partial charge on any atom is -0.497 e. The average molecular weight is 905 g/mol. The van der Waals surface area contributed by atoms with Gasteiger partial charge < -0.3 is 47.5 Å². The number of cyclic esters (lactones) is 1. The molecule has 358 valence electrons. The number of ether oxygens (including phenoxy) is 9. The topological polar surface area (TPSA) is 151 Å². The van der Waals surface area contributed by atoms with Crippen LogP contribution in [0.1, 0.15) is 85.5 Å². The third-order valence-corrected chi connectivity index (χ3v) is 15.5. The van der Waals surface area contributed by atoms with E-state index >= 15 is 4.79 Å². The summed E-state index contributed by atoms with van der Waals surface area (Å²) in [5.41, 5.74) is 3.30. The molecule has 8 rings (SSSR count). The number of nitrogens with zero attached hydrogens (tertiary/aromatic N) is 4. The molecule has 17 atom stereocenters. The standard InChI is InChI=1S/C50H72N4O11/c1-11-31-13-12-14-43(65-45-20-19-41(53(5)6)28(3)61-45)27(2)46(56)39-23-35-34-21-33(64-50-49(60-10)48(59-9)47(58-8)29(4)62-50)22-38(34)42(24-36(35)37(39)25-44(55)63-31)54-26-40(51-52-54)30-15-17-32(57-7)18-16-30/h15-18,23-24,26-29,31,33-38,41,43,45,47-50H,11-14,19-22,25H2,1-10H3/t27-,28?,29?,31+,33+,34+,35+,36-,37+,38-,41+,43+,45+,47+,48?,49+,50+/m1/s1. The lowest BCUT2D eigenvalue weighted by Crippen LogP contribution is -2.59. The van der Waals surface area contributed by atoms with E-state index in [-0.39, 0.29) is 78.5 Å². The second-order valence-electron chi connectivity index (χ2n) is 19.4. The first-order valence-corrected chi connectivity index (χ1v) is 24.0. The van der Waals surface area contributed by atoms with Crippen LogP contribution in [0.2, 0.25) is 0 Å². The van der Waals surface area contributed by atoms with Gasteiger partial charge in [0.05, 0.1) is 44.1 Å². The SMILES string of the molecule is CC[C@H]1CCC[C@H](O[C@H]2CC[C@H](N(C)C)C(C)O2)[C@@H](C)C(=O)C2=C[C@@H]3[C@@H](C=C(n4cc(-c5ccc(OC)cc5)nn4)[C@@H]4C[C@@H](O[C@@H]5OC(C)[C@H](OC)C(OC)[C@@H]5OC)C[C@@H]34)[C@@H]2CC(=O)O1. The van der Waals surface area contributed by atoms with Crippen LogP contribution in [0.25, 0.3) is 17.0 Å². The monoisotopic (exact) mass is 905 g/mol. The zero-order valence-corrected chi connectivity index (χ0v) is 40.0. The van der Waals surface area contributed by atoms with Crippen LogP contribution >= 0.6 is 0 Å². The average Bonchev–Trinajstić information content (AvgIpc) is 4.05. The lowest BCUT2D eigenvalue weighted by Gasteiger charge is -2.44. The number of aromatic nitrogens is 3. The largest absolute Gasteiger partial charge is 0.497 e. The molecule has 0 bridgehead atoms. The number of hydrogen-bond acceptors (Lipinski definition) is 14. The fourth-order valence-corrected chi connectivity index (χ4v) is 12.0. The van der Waals surface area contributed by atoms with Crippen molar-refractivity contribution in [1.29, 1.82) is 0 Å². The van der Waals surface area contributed by atoms with Crippen molar-refractivity contribution in [2.45, 2.75) is 153 Å². The van der Waals surface area contributed by atoms with Crippen LogP contribution in [0.4, 0.5) is 0 Å². The van der Waals surface area contributed by atoms with E-state index in [2.05, 4.69) is 50.1 Å². The molecule has 0 radical (unpaired) electrons.